The van der Waals surface area contributed by atoms with E-state index in [0.717, 1.165) is 16.8 Å². The second kappa shape index (κ2) is 9.37. The van der Waals surface area contributed by atoms with Crippen molar-refractivity contribution in [1.82, 2.24) is 9.78 Å². The van der Waals surface area contributed by atoms with Crippen LogP contribution in [0.15, 0.2) is 36.4 Å². The van der Waals surface area contributed by atoms with Crippen molar-refractivity contribution in [1.29, 1.82) is 0 Å². The van der Waals surface area contributed by atoms with Crippen LogP contribution in [0.4, 0.5) is 50.9 Å². The summed E-state index contributed by atoms with van der Waals surface area (Å²) in [7, 11) is 0. The molecule has 5 rings (SSSR count). The first kappa shape index (κ1) is 28.1. The molecule has 1 aromatic heterocycles. The Morgan fingerprint density at radius 2 is 1.47 bits per heavy atom. The molecule has 2 atom stereocenters. The van der Waals surface area contributed by atoms with E-state index in [4.69, 9.17) is 0 Å². The van der Waals surface area contributed by atoms with Gasteiger partial charge in [-0.25, -0.2) is 4.68 Å². The van der Waals surface area contributed by atoms with Crippen molar-refractivity contribution in [3.63, 3.8) is 0 Å². The van der Waals surface area contributed by atoms with Crippen LogP contribution in [-0.2, 0) is 24.9 Å². The van der Waals surface area contributed by atoms with Gasteiger partial charge < -0.3 is 23.0 Å². The van der Waals surface area contributed by atoms with Gasteiger partial charge in [0.2, 0.25) is 0 Å². The fourth-order valence-corrected chi connectivity index (χ4v) is 5.19. The largest absolute Gasteiger partial charge is 1.00 e. The minimum Gasteiger partial charge on any atom is -1.00 e. The smallest absolute Gasteiger partial charge is 0.416 e. The van der Waals surface area contributed by atoms with Gasteiger partial charge >= 0.3 is 18.5 Å². The number of aromatic nitrogens is 2. The summed E-state index contributed by atoms with van der Waals surface area (Å²) < 4.78 is 121. The molecule has 0 radical (unpaired) electrons. The highest BCUT2D eigenvalue weighted by molar-refractivity contribution is 5.63. The van der Waals surface area contributed by atoms with Crippen LogP contribution in [0.1, 0.15) is 46.1 Å². The number of nitrogens with one attached hydrogen (secondary N) is 1. The monoisotopic (exact) mass is 570 g/mol. The van der Waals surface area contributed by atoms with Crippen molar-refractivity contribution in [2.24, 2.45) is 5.92 Å². The zero-order chi connectivity index (χ0) is 26.9. The summed E-state index contributed by atoms with van der Waals surface area (Å²) in [5, 5.41) is 9.19. The predicted molar refractivity (Wildman–Crippen MR) is 114 cm³/mol. The molecule has 1 aliphatic heterocycles. The maximum absolute atomic E-state index is 13.4. The van der Waals surface area contributed by atoms with E-state index in [2.05, 4.69) is 10.4 Å². The third-order valence-electron chi connectivity index (χ3n) is 6.91. The molecule has 2 unspecified atom stereocenters. The third kappa shape index (κ3) is 5.05. The van der Waals surface area contributed by atoms with Crippen LogP contribution in [0.2, 0.25) is 0 Å². The van der Waals surface area contributed by atoms with Gasteiger partial charge in [-0.1, -0.05) is 0 Å². The number of benzene rings is 2. The lowest BCUT2D eigenvalue weighted by Gasteiger charge is -2.28. The van der Waals surface area contributed by atoms with E-state index in [1.54, 1.807) is 12.2 Å². The Labute approximate surface area is 216 Å². The standard InChI is InChI=1S/C24H19F9N4.ClH/c1-11-20-19(37(36-11)16-7-14(23(28,29)30)6-15(8-16)24(31,32)33)5-2-12-10-34-18-9-13(22(25,26)27)3-4-17(18)35-21(12)20;/h3-4,6-9,12,21,34-35H,2,5,10H2,1H3;1H. The summed E-state index contributed by atoms with van der Waals surface area (Å²) in [5.41, 5.74) is -1.61. The molecule has 3 N–H and O–H groups in total. The van der Waals surface area contributed by atoms with Crippen LogP contribution in [-0.4, -0.2) is 16.3 Å². The molecule has 1 aliphatic carbocycles. The second-order valence-corrected chi connectivity index (χ2v) is 9.29. The fraction of sp³-hybridized carbons (Fsp3) is 0.375. The van der Waals surface area contributed by atoms with E-state index >= 15 is 0 Å². The topological polar surface area (TPSA) is 46.5 Å². The maximum atomic E-state index is 13.4. The van der Waals surface area contributed by atoms with Crippen LogP contribution in [0, 0.1) is 12.8 Å². The number of nitrogens with zero attached hydrogens (tertiary/aromatic N) is 2. The summed E-state index contributed by atoms with van der Waals surface area (Å²) in [6.07, 6.45) is -13.7. The van der Waals surface area contributed by atoms with Gasteiger partial charge in [0.05, 0.1) is 45.0 Å². The number of anilines is 1. The van der Waals surface area contributed by atoms with Gasteiger partial charge in [0, 0.05) is 18.5 Å². The Bertz CT molecular complexity index is 1330. The van der Waals surface area contributed by atoms with Crippen LogP contribution in [0.3, 0.4) is 0 Å². The number of rotatable bonds is 1. The number of halogens is 10. The minimum absolute atomic E-state index is 0. The van der Waals surface area contributed by atoms with E-state index in [1.165, 1.54) is 6.07 Å². The summed E-state index contributed by atoms with van der Waals surface area (Å²) in [6, 6.07) is 4.36. The Kier molecular flexibility index (Phi) is 6.92. The molecule has 206 valence electrons. The van der Waals surface area contributed by atoms with Crippen LogP contribution >= 0.6 is 0 Å². The molecule has 0 saturated heterocycles. The quantitative estimate of drug-likeness (QED) is 0.349. The van der Waals surface area contributed by atoms with Crippen molar-refractivity contribution in [3.05, 3.63) is 70.0 Å². The normalized spacial score (nSPS) is 19.4. The van der Waals surface area contributed by atoms with E-state index in [0.29, 0.717) is 59.8 Å². The van der Waals surface area contributed by atoms with E-state index < -0.39 is 35.2 Å². The lowest BCUT2D eigenvalue weighted by molar-refractivity contribution is -0.625. The maximum Gasteiger partial charge on any atom is 0.416 e. The number of hydrogen-bond acceptors (Lipinski definition) is 2. The van der Waals surface area contributed by atoms with Crippen molar-refractivity contribution < 1.29 is 57.2 Å². The highest BCUT2D eigenvalue weighted by Crippen LogP contribution is 2.41. The molecule has 0 amide bonds. The molecule has 14 heteroatoms. The average Bonchev–Trinajstić information content (AvgIpc) is 3.01. The number of aryl methyl sites for hydroxylation is 1. The van der Waals surface area contributed by atoms with Crippen molar-refractivity contribution in [2.75, 3.05) is 11.9 Å². The summed E-state index contributed by atoms with van der Waals surface area (Å²) in [5.74, 6) is -0.0576. The minimum atomic E-state index is -5.00. The molecule has 2 aromatic carbocycles. The number of alkyl halides is 9. The first-order chi connectivity index (χ1) is 17.1. The first-order valence-electron chi connectivity index (χ1n) is 11.3. The van der Waals surface area contributed by atoms with E-state index in [1.807, 2.05) is 0 Å². The van der Waals surface area contributed by atoms with Crippen LogP contribution in [0.5, 0.6) is 0 Å². The SMILES string of the molecule is Cc1nn(-c2cc(C(F)(F)F)cc(C(F)(F)F)c2)c2c1C1[NH2+]c3ccc(C(F)(F)F)cc3NCC1CC2.[Cl-]. The lowest BCUT2D eigenvalue weighted by Crippen LogP contribution is -3.00. The summed E-state index contributed by atoms with van der Waals surface area (Å²) in [6.45, 7) is 1.97. The fourth-order valence-electron chi connectivity index (χ4n) is 5.19. The number of hydrogen-bond donors (Lipinski definition) is 2. The van der Waals surface area contributed by atoms with Crippen molar-refractivity contribution in [3.8, 4) is 5.69 Å². The van der Waals surface area contributed by atoms with Crippen molar-refractivity contribution >= 4 is 11.4 Å². The zero-order valence-electron chi connectivity index (χ0n) is 19.5. The molecule has 3 aromatic rings. The molecule has 2 heterocycles. The molecule has 38 heavy (non-hydrogen) atoms. The number of fused-ring (bicyclic) bond motifs is 4. The number of quaternary nitrogens is 1. The highest BCUT2D eigenvalue weighted by atomic mass is 35.5. The molecule has 0 saturated carbocycles. The van der Waals surface area contributed by atoms with Gasteiger partial charge in [-0.2, -0.15) is 44.6 Å². The van der Waals surface area contributed by atoms with Gasteiger partial charge in [-0.15, -0.1) is 0 Å². The van der Waals surface area contributed by atoms with Gasteiger partial charge in [0.1, 0.15) is 6.04 Å². The zero-order valence-corrected chi connectivity index (χ0v) is 20.2. The van der Waals surface area contributed by atoms with E-state index in [9.17, 15) is 39.5 Å². The molecule has 0 spiro atoms. The molecular weight excluding hydrogens is 551 g/mol. The van der Waals surface area contributed by atoms with Gasteiger partial charge in [-0.3, -0.25) is 0 Å². The summed E-state index contributed by atoms with van der Waals surface area (Å²) >= 11 is 0. The molecule has 4 nitrogen and oxygen atoms in total. The highest BCUT2D eigenvalue weighted by Gasteiger charge is 2.42. The third-order valence-corrected chi connectivity index (χ3v) is 6.91. The lowest BCUT2D eigenvalue weighted by atomic mass is 9.81. The van der Waals surface area contributed by atoms with E-state index in [-0.39, 0.29) is 36.1 Å². The molecular formula is C24H20ClF9N4. The second-order valence-electron chi connectivity index (χ2n) is 9.29. The predicted octanol–water partition coefficient (Wildman–Crippen LogP) is 3.17. The summed E-state index contributed by atoms with van der Waals surface area (Å²) in [4.78, 5) is 0. The van der Waals surface area contributed by atoms with Crippen molar-refractivity contribution in [2.45, 2.75) is 44.3 Å². The van der Waals surface area contributed by atoms with Crippen LogP contribution < -0.4 is 23.0 Å². The van der Waals surface area contributed by atoms with Crippen LogP contribution in [0.25, 0.3) is 5.69 Å². The molecule has 0 bridgehead atoms. The number of nitrogens with two attached hydrogens (primary N) is 1. The molecule has 2 aliphatic rings. The Morgan fingerprint density at radius 3 is 2.05 bits per heavy atom. The first-order valence-corrected chi connectivity index (χ1v) is 11.3. The van der Waals surface area contributed by atoms with Gasteiger partial charge in [-0.05, 0) is 50.1 Å². The molecule has 0 fully saturated rings. The Hall–Kier alpha value is -2.93. The van der Waals surface area contributed by atoms with Gasteiger partial charge in [0.25, 0.3) is 0 Å². The average molecular weight is 571 g/mol. The Balaban J connectivity index is 0.00000336. The van der Waals surface area contributed by atoms with Gasteiger partial charge in [0.15, 0.2) is 5.69 Å². The Morgan fingerprint density at radius 1 is 0.868 bits per heavy atom.